The molecule has 0 saturated carbocycles. The van der Waals surface area contributed by atoms with Gasteiger partial charge < -0.3 is 14.6 Å². The van der Waals surface area contributed by atoms with Gasteiger partial charge in [-0.3, -0.25) is 0 Å². The molecule has 0 aliphatic rings. The van der Waals surface area contributed by atoms with Gasteiger partial charge in [0.05, 0.1) is 12.6 Å². The van der Waals surface area contributed by atoms with Crippen LogP contribution in [0.15, 0.2) is 30.3 Å². The molecule has 16 heavy (non-hydrogen) atoms. The lowest BCUT2D eigenvalue weighted by molar-refractivity contribution is -0.297. The third-order valence-electron chi connectivity index (χ3n) is 2.06. The second-order valence-corrected chi connectivity index (χ2v) is 3.42. The van der Waals surface area contributed by atoms with Crippen molar-refractivity contribution in [3.05, 3.63) is 35.9 Å². The van der Waals surface area contributed by atoms with Crippen LogP contribution in [-0.4, -0.2) is 12.6 Å². The summed E-state index contributed by atoms with van der Waals surface area (Å²) in [5, 5.41) is 10.2. The molecule has 0 radical (unpaired) electrons. The molecule has 3 nitrogen and oxygen atoms in total. The Balaban J connectivity index is 2.51. The molecule has 0 unspecified atom stereocenters. The fraction of sp³-hybridized carbons (Fsp3) is 0.308. The molecule has 0 saturated heterocycles. The minimum Gasteiger partial charge on any atom is -0.545 e. The van der Waals surface area contributed by atoms with Crippen molar-refractivity contribution in [3.63, 3.8) is 0 Å². The fourth-order valence-corrected chi connectivity index (χ4v) is 1.17. The maximum Gasteiger partial charge on any atom is 0.119 e. The zero-order chi connectivity index (χ0) is 11.8. The summed E-state index contributed by atoms with van der Waals surface area (Å²) in [7, 11) is 0. The summed E-state index contributed by atoms with van der Waals surface area (Å²) in [6.45, 7) is 2.82. The van der Waals surface area contributed by atoms with Crippen molar-refractivity contribution in [1.82, 2.24) is 0 Å². The molecule has 0 atom stereocenters. The summed E-state index contributed by atoms with van der Waals surface area (Å²) in [6.07, 6.45) is 4.64. The van der Waals surface area contributed by atoms with E-state index in [1.807, 2.05) is 12.1 Å². The van der Waals surface area contributed by atoms with Crippen molar-refractivity contribution in [3.8, 4) is 5.75 Å². The molecule has 1 rings (SSSR count). The van der Waals surface area contributed by atoms with Gasteiger partial charge in [0.1, 0.15) is 5.75 Å². The molecule has 0 aliphatic carbocycles. The number of carboxylic acid groups (broad SMARTS) is 1. The number of rotatable bonds is 6. The van der Waals surface area contributed by atoms with E-state index in [0.29, 0.717) is 6.61 Å². The lowest BCUT2D eigenvalue weighted by Gasteiger charge is -2.05. The zero-order valence-corrected chi connectivity index (χ0v) is 9.31. The van der Waals surface area contributed by atoms with E-state index >= 15 is 0 Å². The summed E-state index contributed by atoms with van der Waals surface area (Å²) in [6, 6.07) is 7.26. The topological polar surface area (TPSA) is 49.4 Å². The van der Waals surface area contributed by atoms with Gasteiger partial charge in [-0.15, -0.1) is 0 Å². The molecule has 0 aliphatic heterocycles. The molecule has 0 aromatic heterocycles. The van der Waals surface area contributed by atoms with E-state index in [2.05, 4.69) is 6.92 Å². The predicted octanol–water partition coefficient (Wildman–Crippen LogP) is 1.63. The Morgan fingerprint density at radius 2 is 2.06 bits per heavy atom. The quantitative estimate of drug-likeness (QED) is 0.539. The summed E-state index contributed by atoms with van der Waals surface area (Å²) in [4.78, 5) is 10.2. The van der Waals surface area contributed by atoms with Gasteiger partial charge in [0, 0.05) is 0 Å². The number of hydrogen-bond donors (Lipinski definition) is 0. The monoisotopic (exact) mass is 219 g/mol. The highest BCUT2D eigenvalue weighted by Gasteiger charge is 1.92. The highest BCUT2D eigenvalue weighted by atomic mass is 16.5. The third-order valence-corrected chi connectivity index (χ3v) is 2.06. The van der Waals surface area contributed by atoms with Crippen molar-refractivity contribution in [2.24, 2.45) is 0 Å². The Morgan fingerprint density at radius 1 is 1.38 bits per heavy atom. The number of carbonyl (C=O) groups excluding carboxylic acids is 1. The van der Waals surface area contributed by atoms with Crippen LogP contribution in [0.3, 0.4) is 0 Å². The number of unbranched alkanes of at least 4 members (excludes halogenated alkanes) is 1. The van der Waals surface area contributed by atoms with Crippen LogP contribution < -0.4 is 9.84 Å². The number of carbonyl (C=O) groups is 1. The van der Waals surface area contributed by atoms with Crippen LogP contribution in [0.1, 0.15) is 25.3 Å². The van der Waals surface area contributed by atoms with E-state index < -0.39 is 5.97 Å². The van der Waals surface area contributed by atoms with Crippen LogP contribution in [0.2, 0.25) is 0 Å². The number of carboxylic acids is 1. The van der Waals surface area contributed by atoms with Gasteiger partial charge in [-0.25, -0.2) is 0 Å². The van der Waals surface area contributed by atoms with Gasteiger partial charge in [0.15, 0.2) is 0 Å². The summed E-state index contributed by atoms with van der Waals surface area (Å²) in [5.74, 6) is -0.387. The molecule has 0 bridgehead atoms. The first-order chi connectivity index (χ1) is 7.72. The molecule has 1 aromatic rings. The van der Waals surface area contributed by atoms with Crippen molar-refractivity contribution in [1.29, 1.82) is 0 Å². The summed E-state index contributed by atoms with van der Waals surface area (Å²) >= 11 is 0. The lowest BCUT2D eigenvalue weighted by Crippen LogP contribution is -2.18. The van der Waals surface area contributed by atoms with Gasteiger partial charge in [-0.1, -0.05) is 31.6 Å². The third kappa shape index (κ3) is 4.64. The summed E-state index contributed by atoms with van der Waals surface area (Å²) < 4.78 is 5.47. The average Bonchev–Trinajstić information content (AvgIpc) is 2.28. The first-order valence-electron chi connectivity index (χ1n) is 5.34. The smallest absolute Gasteiger partial charge is 0.119 e. The van der Waals surface area contributed by atoms with Gasteiger partial charge in [-0.05, 0) is 30.2 Å². The Morgan fingerprint density at radius 3 is 2.62 bits per heavy atom. The molecule has 0 amide bonds. The van der Waals surface area contributed by atoms with Crippen LogP contribution in [0.5, 0.6) is 5.75 Å². The van der Waals surface area contributed by atoms with Crippen LogP contribution >= 0.6 is 0 Å². The lowest BCUT2D eigenvalue weighted by atomic mass is 10.2. The Labute approximate surface area is 95.4 Å². The van der Waals surface area contributed by atoms with E-state index in [0.717, 1.165) is 30.2 Å². The second kappa shape index (κ2) is 6.67. The maximum absolute atomic E-state index is 10.2. The van der Waals surface area contributed by atoms with Crippen molar-refractivity contribution in [2.45, 2.75) is 19.8 Å². The standard InChI is InChI=1S/C13H16O3/c1-2-3-10-16-12-7-4-11(5-8-12)6-9-13(14)15/h4-9H,2-3,10H2,1H3,(H,14,15)/p-1. The summed E-state index contributed by atoms with van der Waals surface area (Å²) in [5.41, 5.74) is 0.812. The highest BCUT2D eigenvalue weighted by molar-refractivity contribution is 5.83. The molecule has 0 heterocycles. The van der Waals surface area contributed by atoms with Crippen LogP contribution in [-0.2, 0) is 4.79 Å². The van der Waals surface area contributed by atoms with Gasteiger partial charge in [0.25, 0.3) is 0 Å². The highest BCUT2D eigenvalue weighted by Crippen LogP contribution is 2.13. The van der Waals surface area contributed by atoms with E-state index in [1.165, 1.54) is 6.08 Å². The molecule has 86 valence electrons. The SMILES string of the molecule is CCCCOc1ccc(C=CC(=O)[O-])cc1. The number of hydrogen-bond acceptors (Lipinski definition) is 3. The van der Waals surface area contributed by atoms with Crippen LogP contribution in [0.4, 0.5) is 0 Å². The minimum absolute atomic E-state index is 0.713. The van der Waals surface area contributed by atoms with E-state index in [1.54, 1.807) is 12.1 Å². The van der Waals surface area contributed by atoms with E-state index in [4.69, 9.17) is 4.74 Å². The average molecular weight is 219 g/mol. The normalized spacial score (nSPS) is 10.6. The number of aliphatic carboxylic acids is 1. The minimum atomic E-state index is -1.19. The second-order valence-electron chi connectivity index (χ2n) is 3.42. The van der Waals surface area contributed by atoms with Gasteiger partial charge in [0.2, 0.25) is 0 Å². The zero-order valence-electron chi connectivity index (χ0n) is 9.31. The van der Waals surface area contributed by atoms with Crippen LogP contribution in [0.25, 0.3) is 6.08 Å². The largest absolute Gasteiger partial charge is 0.545 e. The van der Waals surface area contributed by atoms with Crippen molar-refractivity contribution < 1.29 is 14.6 Å². The first kappa shape index (κ1) is 12.3. The fourth-order valence-electron chi connectivity index (χ4n) is 1.17. The van der Waals surface area contributed by atoms with E-state index in [-0.39, 0.29) is 0 Å². The molecule has 0 fully saturated rings. The van der Waals surface area contributed by atoms with Crippen molar-refractivity contribution in [2.75, 3.05) is 6.61 Å². The van der Waals surface area contributed by atoms with Gasteiger partial charge in [-0.2, -0.15) is 0 Å². The predicted molar refractivity (Wildman–Crippen MR) is 60.9 cm³/mol. The molecular formula is C13H15O3-. The molecule has 1 aromatic carbocycles. The first-order valence-corrected chi connectivity index (χ1v) is 5.34. The van der Waals surface area contributed by atoms with Crippen LogP contribution in [0, 0.1) is 0 Å². The number of ether oxygens (including phenoxy) is 1. The number of benzene rings is 1. The maximum atomic E-state index is 10.2. The molecular weight excluding hydrogens is 204 g/mol. The van der Waals surface area contributed by atoms with E-state index in [9.17, 15) is 9.90 Å². The molecule has 3 heteroatoms. The van der Waals surface area contributed by atoms with Crippen molar-refractivity contribution >= 4 is 12.0 Å². The Kier molecular flexibility index (Phi) is 5.12. The Hall–Kier alpha value is -1.77. The molecule has 0 spiro atoms. The molecule has 0 N–H and O–H groups in total. The van der Waals surface area contributed by atoms with Gasteiger partial charge >= 0.3 is 0 Å². The Bertz CT molecular complexity index is 352.